The fourth-order valence-corrected chi connectivity index (χ4v) is 2.66. The topological polar surface area (TPSA) is 29.5 Å². The third-order valence-electron chi connectivity index (χ3n) is 4.41. The van der Waals surface area contributed by atoms with Crippen molar-refractivity contribution in [3.63, 3.8) is 0 Å². The number of aliphatic hydroxyl groups excluding tert-OH is 1. The van der Waals surface area contributed by atoms with Gasteiger partial charge < -0.3 is 9.84 Å². The summed E-state index contributed by atoms with van der Waals surface area (Å²) >= 11 is 0. The summed E-state index contributed by atoms with van der Waals surface area (Å²) in [5.41, 5.74) is 0. The molecule has 3 unspecified atom stereocenters. The first-order chi connectivity index (χ1) is 9.61. The standard InChI is InChI=1S/C18H38O2/c1-5-6-10-13-16(2)14-11-8-7-9-12-15-18(19)17(3)20-4/h16-19H,5-15H2,1-4H3. The van der Waals surface area contributed by atoms with E-state index in [-0.39, 0.29) is 12.2 Å². The Kier molecular flexibility index (Phi) is 13.8. The quantitative estimate of drug-likeness (QED) is 0.437. The lowest BCUT2D eigenvalue weighted by Gasteiger charge is -2.16. The normalized spacial score (nSPS) is 16.1. The van der Waals surface area contributed by atoms with Crippen LogP contribution in [0.1, 0.15) is 91.4 Å². The molecule has 0 spiro atoms. The minimum atomic E-state index is -0.293. The minimum Gasteiger partial charge on any atom is -0.390 e. The average Bonchev–Trinajstić information content (AvgIpc) is 2.45. The molecule has 0 saturated heterocycles. The molecule has 0 aromatic carbocycles. The monoisotopic (exact) mass is 286 g/mol. The zero-order valence-corrected chi connectivity index (χ0v) is 14.4. The zero-order chi connectivity index (χ0) is 15.2. The van der Waals surface area contributed by atoms with Gasteiger partial charge in [-0.25, -0.2) is 0 Å². The molecule has 0 radical (unpaired) electrons. The van der Waals surface area contributed by atoms with Gasteiger partial charge in [0.1, 0.15) is 0 Å². The second-order valence-corrected chi connectivity index (χ2v) is 6.45. The Morgan fingerprint density at radius 2 is 1.30 bits per heavy atom. The van der Waals surface area contributed by atoms with Crippen molar-refractivity contribution in [1.29, 1.82) is 0 Å². The first-order valence-electron chi connectivity index (χ1n) is 8.82. The molecule has 0 aromatic heterocycles. The fraction of sp³-hybridized carbons (Fsp3) is 1.00. The largest absolute Gasteiger partial charge is 0.390 e. The van der Waals surface area contributed by atoms with Gasteiger partial charge in [0.2, 0.25) is 0 Å². The molecule has 2 heteroatoms. The summed E-state index contributed by atoms with van der Waals surface area (Å²) in [6.07, 6.45) is 13.9. The number of unbranched alkanes of at least 4 members (excludes halogenated alkanes) is 6. The highest BCUT2D eigenvalue weighted by molar-refractivity contribution is 4.63. The molecule has 0 rings (SSSR count). The van der Waals surface area contributed by atoms with E-state index in [0.717, 1.165) is 18.8 Å². The molecule has 0 aliphatic rings. The van der Waals surface area contributed by atoms with Gasteiger partial charge in [-0.05, 0) is 19.3 Å². The highest BCUT2D eigenvalue weighted by Crippen LogP contribution is 2.18. The summed E-state index contributed by atoms with van der Waals surface area (Å²) in [6.45, 7) is 6.61. The molecular weight excluding hydrogens is 248 g/mol. The molecule has 20 heavy (non-hydrogen) atoms. The van der Waals surface area contributed by atoms with Crippen LogP contribution < -0.4 is 0 Å². The van der Waals surface area contributed by atoms with Crippen molar-refractivity contribution in [1.82, 2.24) is 0 Å². The summed E-state index contributed by atoms with van der Waals surface area (Å²) in [4.78, 5) is 0. The molecule has 0 aromatic rings. The molecule has 0 heterocycles. The van der Waals surface area contributed by atoms with E-state index in [1.54, 1.807) is 7.11 Å². The molecule has 1 N–H and O–H groups in total. The number of hydrogen-bond acceptors (Lipinski definition) is 2. The number of ether oxygens (including phenoxy) is 1. The highest BCUT2D eigenvalue weighted by Gasteiger charge is 2.12. The predicted molar refractivity (Wildman–Crippen MR) is 88.1 cm³/mol. The van der Waals surface area contributed by atoms with Crippen LogP contribution in [0, 0.1) is 5.92 Å². The maximum absolute atomic E-state index is 9.77. The Hall–Kier alpha value is -0.0800. The molecule has 0 amide bonds. The van der Waals surface area contributed by atoms with Crippen molar-refractivity contribution in [2.24, 2.45) is 5.92 Å². The van der Waals surface area contributed by atoms with E-state index in [1.165, 1.54) is 57.8 Å². The van der Waals surface area contributed by atoms with Crippen molar-refractivity contribution >= 4 is 0 Å². The number of rotatable bonds is 14. The lowest BCUT2D eigenvalue weighted by molar-refractivity contribution is -0.00532. The van der Waals surface area contributed by atoms with Gasteiger partial charge >= 0.3 is 0 Å². The van der Waals surface area contributed by atoms with Gasteiger partial charge in [-0.3, -0.25) is 0 Å². The summed E-state index contributed by atoms with van der Waals surface area (Å²) in [7, 11) is 1.66. The second-order valence-electron chi connectivity index (χ2n) is 6.45. The summed E-state index contributed by atoms with van der Waals surface area (Å²) in [5.74, 6) is 0.908. The Bertz CT molecular complexity index is 194. The van der Waals surface area contributed by atoms with E-state index in [9.17, 15) is 5.11 Å². The molecule has 0 saturated carbocycles. The molecule has 0 aliphatic heterocycles. The highest BCUT2D eigenvalue weighted by atomic mass is 16.5. The first-order valence-corrected chi connectivity index (χ1v) is 8.82. The first kappa shape index (κ1) is 19.9. The van der Waals surface area contributed by atoms with Crippen LogP contribution in [-0.2, 0) is 4.74 Å². The Morgan fingerprint density at radius 1 is 0.800 bits per heavy atom. The molecule has 0 bridgehead atoms. The molecule has 2 nitrogen and oxygen atoms in total. The van der Waals surface area contributed by atoms with Gasteiger partial charge in [0.05, 0.1) is 12.2 Å². The Balaban J connectivity index is 3.28. The summed E-state index contributed by atoms with van der Waals surface area (Å²) in [6, 6.07) is 0. The van der Waals surface area contributed by atoms with Gasteiger partial charge in [-0.1, -0.05) is 78.1 Å². The molecule has 0 aliphatic carbocycles. The lowest BCUT2D eigenvalue weighted by Crippen LogP contribution is -2.24. The Morgan fingerprint density at radius 3 is 1.85 bits per heavy atom. The maximum atomic E-state index is 9.77. The summed E-state index contributed by atoms with van der Waals surface area (Å²) < 4.78 is 5.12. The van der Waals surface area contributed by atoms with Crippen LogP contribution >= 0.6 is 0 Å². The SMILES string of the molecule is CCCCCC(C)CCCCCCCC(O)C(C)OC. The Labute approximate surface area is 127 Å². The average molecular weight is 286 g/mol. The van der Waals surface area contributed by atoms with E-state index in [1.807, 2.05) is 6.92 Å². The van der Waals surface area contributed by atoms with Crippen molar-refractivity contribution in [2.45, 2.75) is 104 Å². The van der Waals surface area contributed by atoms with E-state index < -0.39 is 0 Å². The minimum absolute atomic E-state index is 0.0287. The van der Waals surface area contributed by atoms with E-state index in [4.69, 9.17) is 4.74 Å². The van der Waals surface area contributed by atoms with Crippen LogP contribution in [0.4, 0.5) is 0 Å². The molecular formula is C18H38O2. The maximum Gasteiger partial charge on any atom is 0.0802 e. The van der Waals surface area contributed by atoms with Crippen molar-refractivity contribution < 1.29 is 9.84 Å². The van der Waals surface area contributed by atoms with E-state index in [0.29, 0.717) is 0 Å². The van der Waals surface area contributed by atoms with Crippen molar-refractivity contribution in [3.8, 4) is 0 Å². The van der Waals surface area contributed by atoms with Gasteiger partial charge in [-0.15, -0.1) is 0 Å². The van der Waals surface area contributed by atoms with Crippen LogP contribution in [0.5, 0.6) is 0 Å². The van der Waals surface area contributed by atoms with Crippen LogP contribution in [0.2, 0.25) is 0 Å². The summed E-state index contributed by atoms with van der Waals surface area (Å²) in [5, 5.41) is 9.77. The lowest BCUT2D eigenvalue weighted by atomic mass is 9.96. The zero-order valence-electron chi connectivity index (χ0n) is 14.4. The number of methoxy groups -OCH3 is 1. The van der Waals surface area contributed by atoms with Crippen LogP contribution in [-0.4, -0.2) is 24.4 Å². The van der Waals surface area contributed by atoms with Gasteiger partial charge in [0, 0.05) is 7.11 Å². The smallest absolute Gasteiger partial charge is 0.0802 e. The van der Waals surface area contributed by atoms with Gasteiger partial charge in [-0.2, -0.15) is 0 Å². The molecule has 3 atom stereocenters. The van der Waals surface area contributed by atoms with E-state index >= 15 is 0 Å². The van der Waals surface area contributed by atoms with E-state index in [2.05, 4.69) is 13.8 Å². The van der Waals surface area contributed by atoms with Crippen molar-refractivity contribution in [3.05, 3.63) is 0 Å². The second kappa shape index (κ2) is 13.9. The van der Waals surface area contributed by atoms with Crippen LogP contribution in [0.15, 0.2) is 0 Å². The van der Waals surface area contributed by atoms with Gasteiger partial charge in [0.15, 0.2) is 0 Å². The molecule has 122 valence electrons. The fourth-order valence-electron chi connectivity index (χ4n) is 2.66. The van der Waals surface area contributed by atoms with Crippen molar-refractivity contribution in [2.75, 3.05) is 7.11 Å². The predicted octanol–water partition coefficient (Wildman–Crippen LogP) is 5.33. The number of aliphatic hydroxyl groups is 1. The molecule has 0 fully saturated rings. The van der Waals surface area contributed by atoms with Crippen LogP contribution in [0.25, 0.3) is 0 Å². The van der Waals surface area contributed by atoms with Crippen LogP contribution in [0.3, 0.4) is 0 Å². The third-order valence-corrected chi connectivity index (χ3v) is 4.41. The third kappa shape index (κ3) is 11.7. The number of hydrogen-bond donors (Lipinski definition) is 1. The van der Waals surface area contributed by atoms with Gasteiger partial charge in [0.25, 0.3) is 0 Å².